The highest BCUT2D eigenvalue weighted by atomic mass is 16.5. The molecule has 1 aliphatic heterocycles. The maximum Gasteiger partial charge on any atom is 0.325 e. The Kier molecular flexibility index (Phi) is 4.63. The molecule has 21 heavy (non-hydrogen) atoms. The van der Waals surface area contributed by atoms with Crippen LogP contribution in [0, 0.1) is 6.92 Å². The molecule has 0 unspecified atom stereocenters. The normalized spacial score (nSPS) is 18.8. The predicted octanol–water partition coefficient (Wildman–Crippen LogP) is 1.63. The quantitative estimate of drug-likeness (QED) is 0.884. The molecule has 0 bridgehead atoms. The Morgan fingerprint density at radius 3 is 2.48 bits per heavy atom. The fourth-order valence-corrected chi connectivity index (χ4v) is 2.84. The number of aliphatic carboxylic acids is 1. The van der Waals surface area contributed by atoms with Crippen LogP contribution in [-0.4, -0.2) is 36.2 Å². The summed E-state index contributed by atoms with van der Waals surface area (Å²) in [6.07, 6.45) is 1.13. The third-order valence-electron chi connectivity index (χ3n) is 4.16. The van der Waals surface area contributed by atoms with E-state index in [1.807, 2.05) is 31.2 Å². The molecule has 2 rings (SSSR count). The van der Waals surface area contributed by atoms with Crippen LogP contribution in [0.2, 0.25) is 0 Å². The highest BCUT2D eigenvalue weighted by molar-refractivity contribution is 5.91. The molecule has 1 aliphatic rings. The summed E-state index contributed by atoms with van der Waals surface area (Å²) in [5.74, 6) is -1.26. The second-order valence-electron chi connectivity index (χ2n) is 5.54. The highest BCUT2D eigenvalue weighted by Crippen LogP contribution is 2.37. The summed E-state index contributed by atoms with van der Waals surface area (Å²) in [6.45, 7) is 4.46. The van der Waals surface area contributed by atoms with Gasteiger partial charge in [0, 0.05) is 13.2 Å². The van der Waals surface area contributed by atoms with E-state index in [-0.39, 0.29) is 5.91 Å². The van der Waals surface area contributed by atoms with E-state index in [0.717, 1.165) is 11.1 Å². The van der Waals surface area contributed by atoms with Gasteiger partial charge in [-0.1, -0.05) is 24.3 Å². The van der Waals surface area contributed by atoms with Gasteiger partial charge >= 0.3 is 5.97 Å². The number of amides is 1. The van der Waals surface area contributed by atoms with Crippen LogP contribution in [0.1, 0.15) is 30.9 Å². The van der Waals surface area contributed by atoms with Gasteiger partial charge in [0.15, 0.2) is 0 Å². The molecular formula is C16H21NO4. The molecular weight excluding hydrogens is 270 g/mol. The van der Waals surface area contributed by atoms with Crippen LogP contribution >= 0.6 is 0 Å². The smallest absolute Gasteiger partial charge is 0.325 e. The van der Waals surface area contributed by atoms with Crippen molar-refractivity contribution >= 4 is 11.9 Å². The summed E-state index contributed by atoms with van der Waals surface area (Å²) >= 11 is 0. The van der Waals surface area contributed by atoms with Gasteiger partial charge in [-0.3, -0.25) is 9.59 Å². The molecule has 1 heterocycles. The van der Waals surface area contributed by atoms with Gasteiger partial charge in [0.2, 0.25) is 5.91 Å². The number of ether oxygens (including phenoxy) is 1. The molecule has 0 spiro atoms. The first-order valence-electron chi connectivity index (χ1n) is 7.15. The fraction of sp³-hybridized carbons (Fsp3) is 0.500. The number of aryl methyl sites for hydroxylation is 1. The molecule has 0 saturated carbocycles. The summed E-state index contributed by atoms with van der Waals surface area (Å²) in [4.78, 5) is 23.7. The van der Waals surface area contributed by atoms with E-state index >= 15 is 0 Å². The first-order chi connectivity index (χ1) is 9.97. The second kappa shape index (κ2) is 6.26. The van der Waals surface area contributed by atoms with Crippen LogP contribution in [0.5, 0.6) is 0 Å². The van der Waals surface area contributed by atoms with Crippen LogP contribution in [-0.2, 0) is 19.7 Å². The molecule has 2 N–H and O–H groups in total. The lowest BCUT2D eigenvalue weighted by Crippen LogP contribution is -2.52. The van der Waals surface area contributed by atoms with Crippen molar-refractivity contribution in [3.05, 3.63) is 35.4 Å². The van der Waals surface area contributed by atoms with Crippen molar-refractivity contribution in [2.75, 3.05) is 13.2 Å². The molecule has 1 amide bonds. The van der Waals surface area contributed by atoms with Crippen molar-refractivity contribution in [1.82, 2.24) is 5.32 Å². The average molecular weight is 291 g/mol. The van der Waals surface area contributed by atoms with Crippen molar-refractivity contribution in [2.24, 2.45) is 0 Å². The van der Waals surface area contributed by atoms with Gasteiger partial charge in [0.25, 0.3) is 0 Å². The Morgan fingerprint density at radius 1 is 1.29 bits per heavy atom. The largest absolute Gasteiger partial charge is 0.480 e. The van der Waals surface area contributed by atoms with Gasteiger partial charge in [0.05, 0.1) is 5.41 Å². The Bertz CT molecular complexity index is 535. The zero-order valence-electron chi connectivity index (χ0n) is 12.4. The Morgan fingerprint density at radius 2 is 1.90 bits per heavy atom. The first kappa shape index (κ1) is 15.5. The van der Waals surface area contributed by atoms with Crippen molar-refractivity contribution in [2.45, 2.75) is 38.1 Å². The number of carboxylic acid groups (broad SMARTS) is 1. The van der Waals surface area contributed by atoms with E-state index in [0.29, 0.717) is 26.1 Å². The topological polar surface area (TPSA) is 75.6 Å². The number of hydrogen-bond donors (Lipinski definition) is 2. The van der Waals surface area contributed by atoms with Gasteiger partial charge < -0.3 is 15.2 Å². The highest BCUT2D eigenvalue weighted by Gasteiger charge is 2.43. The summed E-state index contributed by atoms with van der Waals surface area (Å²) in [6, 6.07) is 6.87. The SMILES string of the molecule is Cc1ccccc1C1(C(=O)N[C@H](C)C(=O)O)CCOCC1. The molecule has 1 saturated heterocycles. The molecule has 1 atom stereocenters. The van der Waals surface area contributed by atoms with E-state index in [4.69, 9.17) is 9.84 Å². The van der Waals surface area contributed by atoms with E-state index < -0.39 is 17.4 Å². The number of carbonyl (C=O) groups excluding carboxylic acids is 1. The molecule has 1 aromatic rings. The maximum atomic E-state index is 12.8. The summed E-state index contributed by atoms with van der Waals surface area (Å²) in [5, 5.41) is 11.6. The number of nitrogens with one attached hydrogen (secondary N) is 1. The van der Waals surface area contributed by atoms with Crippen molar-refractivity contribution in [3.8, 4) is 0 Å². The number of hydrogen-bond acceptors (Lipinski definition) is 3. The zero-order valence-corrected chi connectivity index (χ0v) is 12.4. The summed E-state index contributed by atoms with van der Waals surface area (Å²) in [7, 11) is 0. The summed E-state index contributed by atoms with van der Waals surface area (Å²) < 4.78 is 5.39. The lowest BCUT2D eigenvalue weighted by atomic mass is 9.71. The number of carboxylic acids is 1. The Labute approximate surface area is 124 Å². The standard InChI is InChI=1S/C16H21NO4/c1-11-5-3-4-6-13(11)16(7-9-21-10-8-16)15(20)17-12(2)14(18)19/h3-6,12H,7-10H2,1-2H3,(H,17,20)(H,18,19)/t12-/m1/s1. The van der Waals surface area contributed by atoms with E-state index in [2.05, 4.69) is 5.32 Å². The van der Waals surface area contributed by atoms with E-state index in [1.165, 1.54) is 6.92 Å². The van der Waals surface area contributed by atoms with E-state index in [1.54, 1.807) is 0 Å². The maximum absolute atomic E-state index is 12.8. The van der Waals surface area contributed by atoms with Gasteiger partial charge in [-0.25, -0.2) is 0 Å². The molecule has 1 aromatic carbocycles. The monoisotopic (exact) mass is 291 g/mol. The van der Waals surface area contributed by atoms with Crippen LogP contribution in [0.4, 0.5) is 0 Å². The minimum atomic E-state index is -1.03. The molecule has 0 aromatic heterocycles. The minimum Gasteiger partial charge on any atom is -0.480 e. The fourth-order valence-electron chi connectivity index (χ4n) is 2.84. The van der Waals surface area contributed by atoms with E-state index in [9.17, 15) is 9.59 Å². The van der Waals surface area contributed by atoms with Crippen LogP contribution < -0.4 is 5.32 Å². The van der Waals surface area contributed by atoms with Crippen molar-refractivity contribution in [1.29, 1.82) is 0 Å². The van der Waals surface area contributed by atoms with Crippen LogP contribution in [0.25, 0.3) is 0 Å². The van der Waals surface area contributed by atoms with Crippen molar-refractivity contribution < 1.29 is 19.4 Å². The summed E-state index contributed by atoms with van der Waals surface area (Å²) in [5.41, 5.74) is 1.30. The molecule has 5 nitrogen and oxygen atoms in total. The Hall–Kier alpha value is -1.88. The molecule has 5 heteroatoms. The van der Waals surface area contributed by atoms with Crippen LogP contribution in [0.15, 0.2) is 24.3 Å². The number of rotatable bonds is 4. The molecule has 0 radical (unpaired) electrons. The van der Waals surface area contributed by atoms with Crippen molar-refractivity contribution in [3.63, 3.8) is 0 Å². The first-order valence-corrected chi connectivity index (χ1v) is 7.15. The third-order valence-corrected chi connectivity index (χ3v) is 4.16. The third kappa shape index (κ3) is 3.08. The zero-order chi connectivity index (χ0) is 15.5. The lowest BCUT2D eigenvalue weighted by Gasteiger charge is -2.37. The lowest BCUT2D eigenvalue weighted by molar-refractivity contribution is -0.143. The van der Waals surface area contributed by atoms with Gasteiger partial charge in [-0.15, -0.1) is 0 Å². The van der Waals surface area contributed by atoms with Gasteiger partial charge in [-0.05, 0) is 37.8 Å². The molecule has 114 valence electrons. The molecule has 1 fully saturated rings. The van der Waals surface area contributed by atoms with Gasteiger partial charge in [-0.2, -0.15) is 0 Å². The van der Waals surface area contributed by atoms with Crippen LogP contribution in [0.3, 0.4) is 0 Å². The second-order valence-corrected chi connectivity index (χ2v) is 5.54. The van der Waals surface area contributed by atoms with Gasteiger partial charge in [0.1, 0.15) is 6.04 Å². The molecule has 0 aliphatic carbocycles. The predicted molar refractivity (Wildman–Crippen MR) is 78.2 cm³/mol. The minimum absolute atomic E-state index is 0.227. The number of carbonyl (C=O) groups is 2. The Balaban J connectivity index is 2.36. The average Bonchev–Trinajstić information content (AvgIpc) is 2.48. The number of benzene rings is 1.